The summed E-state index contributed by atoms with van der Waals surface area (Å²) in [5.74, 6) is -0.790. The van der Waals surface area contributed by atoms with Crippen LogP contribution in [-0.2, 0) is 0 Å². The van der Waals surface area contributed by atoms with Crippen LogP contribution in [0.15, 0.2) is 60.7 Å². The largest absolute Gasteiger partial charge is 0.395 e. The van der Waals surface area contributed by atoms with E-state index in [1.165, 1.54) is 10.8 Å². The van der Waals surface area contributed by atoms with Crippen molar-refractivity contribution in [3.05, 3.63) is 71.8 Å². The topological polar surface area (TPSA) is 69.6 Å². The summed E-state index contributed by atoms with van der Waals surface area (Å²) in [6.45, 7) is 1.53. The Hall–Kier alpha value is -3.54. The Morgan fingerprint density at radius 1 is 0.767 bits per heavy atom. The molecule has 146 valence electrons. The quantitative estimate of drug-likeness (QED) is 0.273. The summed E-state index contributed by atoms with van der Waals surface area (Å²) in [5, 5.41) is 18.7. The van der Waals surface area contributed by atoms with Crippen molar-refractivity contribution in [3.8, 4) is 0 Å². The predicted molar refractivity (Wildman–Crippen MR) is 118 cm³/mol. The fraction of sp³-hybridized carbons (Fsp3) is 0.120. The first-order valence-corrected chi connectivity index (χ1v) is 9.98. The van der Waals surface area contributed by atoms with Crippen molar-refractivity contribution in [3.63, 3.8) is 0 Å². The molecule has 5 aromatic rings. The van der Waals surface area contributed by atoms with Crippen LogP contribution in [0.2, 0.25) is 0 Å². The number of rotatable bonds is 3. The van der Waals surface area contributed by atoms with E-state index < -0.39 is 17.9 Å². The second kappa shape index (κ2) is 5.98. The number of carbonyl (C=O) groups is 2. The molecule has 0 saturated heterocycles. The molecular formula is C25H18N2O3. The average molecular weight is 394 g/mol. The number of nitrogens with zero attached hydrogens (tertiary/aromatic N) is 1. The molecule has 0 spiro atoms. The van der Waals surface area contributed by atoms with Gasteiger partial charge < -0.3 is 5.11 Å². The number of nitrogens with one attached hydrogen (secondary N) is 1. The van der Waals surface area contributed by atoms with Gasteiger partial charge in [0.15, 0.2) is 0 Å². The SMILES string of the molecule is C[C@H](CO)NN1C(=O)c2ccc3c4cccc5cccc(c6ccc(c2c36)C1=O)c54. The zero-order chi connectivity index (χ0) is 20.6. The number of hydrazine groups is 1. The average Bonchev–Trinajstić information content (AvgIpc) is 2.78. The third-order valence-electron chi connectivity index (χ3n) is 6.14. The molecule has 0 unspecified atom stereocenters. The van der Waals surface area contributed by atoms with Crippen LogP contribution < -0.4 is 5.43 Å². The highest BCUT2D eigenvalue weighted by molar-refractivity contribution is 6.38. The van der Waals surface area contributed by atoms with Crippen LogP contribution in [0.3, 0.4) is 0 Å². The van der Waals surface area contributed by atoms with Crippen LogP contribution in [0.1, 0.15) is 27.6 Å². The van der Waals surface area contributed by atoms with Crippen LogP contribution in [0.4, 0.5) is 0 Å². The second-order valence-corrected chi connectivity index (χ2v) is 7.94. The molecule has 2 amide bonds. The number of carbonyl (C=O) groups excluding carboxylic acids is 2. The van der Waals surface area contributed by atoms with Crippen molar-refractivity contribution in [1.82, 2.24) is 10.4 Å². The third-order valence-corrected chi connectivity index (χ3v) is 6.14. The highest BCUT2D eigenvalue weighted by atomic mass is 16.3. The Morgan fingerprint density at radius 2 is 1.30 bits per heavy atom. The number of hydrogen-bond donors (Lipinski definition) is 2. The Labute approximate surface area is 171 Å². The van der Waals surface area contributed by atoms with Gasteiger partial charge in [-0.05, 0) is 56.8 Å². The molecule has 1 atom stereocenters. The first-order chi connectivity index (χ1) is 14.6. The van der Waals surface area contributed by atoms with E-state index >= 15 is 0 Å². The van der Waals surface area contributed by atoms with Gasteiger partial charge >= 0.3 is 0 Å². The van der Waals surface area contributed by atoms with Gasteiger partial charge in [-0.15, -0.1) is 0 Å². The van der Waals surface area contributed by atoms with E-state index in [2.05, 4.69) is 29.7 Å². The maximum absolute atomic E-state index is 13.2. The number of aliphatic hydroxyl groups is 1. The minimum atomic E-state index is -0.420. The maximum atomic E-state index is 13.2. The first-order valence-electron chi connectivity index (χ1n) is 9.98. The molecular weight excluding hydrogens is 376 g/mol. The number of imide groups is 1. The van der Waals surface area contributed by atoms with Crippen molar-refractivity contribution in [2.24, 2.45) is 0 Å². The molecule has 0 saturated carbocycles. The second-order valence-electron chi connectivity index (χ2n) is 7.94. The fourth-order valence-electron chi connectivity index (χ4n) is 4.80. The van der Waals surface area contributed by atoms with Gasteiger partial charge in [0, 0.05) is 11.4 Å². The van der Waals surface area contributed by atoms with Gasteiger partial charge in [0.1, 0.15) is 0 Å². The van der Waals surface area contributed by atoms with Crippen LogP contribution >= 0.6 is 0 Å². The summed E-state index contributed by atoms with van der Waals surface area (Å²) in [6, 6.07) is 19.7. The number of hydrogen-bond acceptors (Lipinski definition) is 4. The zero-order valence-corrected chi connectivity index (χ0v) is 16.3. The highest BCUT2D eigenvalue weighted by Gasteiger charge is 2.34. The van der Waals surface area contributed by atoms with Crippen molar-refractivity contribution < 1.29 is 14.7 Å². The Kier molecular flexibility index (Phi) is 3.46. The summed E-state index contributed by atoms with van der Waals surface area (Å²) in [7, 11) is 0. The number of benzene rings is 5. The van der Waals surface area contributed by atoms with Crippen LogP contribution in [0, 0.1) is 0 Å². The van der Waals surface area contributed by atoms with E-state index in [1.54, 1.807) is 6.92 Å². The molecule has 1 aliphatic rings. The molecule has 5 nitrogen and oxygen atoms in total. The molecule has 5 heteroatoms. The Balaban J connectivity index is 1.76. The minimum absolute atomic E-state index is 0.183. The lowest BCUT2D eigenvalue weighted by atomic mass is 9.85. The van der Waals surface area contributed by atoms with E-state index in [1.807, 2.05) is 36.4 Å². The molecule has 2 N–H and O–H groups in total. The van der Waals surface area contributed by atoms with Gasteiger partial charge in [-0.3, -0.25) is 9.59 Å². The van der Waals surface area contributed by atoms with Gasteiger partial charge in [0.2, 0.25) is 0 Å². The molecule has 0 fully saturated rings. The summed E-state index contributed by atoms with van der Waals surface area (Å²) in [6.07, 6.45) is 0. The molecule has 0 aromatic heterocycles. The van der Waals surface area contributed by atoms with Gasteiger partial charge in [-0.2, -0.15) is 0 Å². The van der Waals surface area contributed by atoms with Crippen LogP contribution in [0.5, 0.6) is 0 Å². The van der Waals surface area contributed by atoms with Crippen molar-refractivity contribution in [2.75, 3.05) is 6.61 Å². The molecule has 1 aliphatic heterocycles. The smallest absolute Gasteiger partial charge is 0.276 e. The normalized spacial score (nSPS) is 15.2. The van der Waals surface area contributed by atoms with Gasteiger partial charge in [-0.25, -0.2) is 10.4 Å². The van der Waals surface area contributed by atoms with E-state index in [9.17, 15) is 14.7 Å². The monoisotopic (exact) mass is 394 g/mol. The molecule has 5 aromatic carbocycles. The van der Waals surface area contributed by atoms with E-state index in [4.69, 9.17) is 0 Å². The predicted octanol–water partition coefficient (Wildman–Crippen LogP) is 4.22. The summed E-state index contributed by atoms with van der Waals surface area (Å²) in [4.78, 5) is 26.4. The van der Waals surface area contributed by atoms with Crippen molar-refractivity contribution >= 4 is 54.9 Å². The lowest BCUT2D eigenvalue weighted by Crippen LogP contribution is -2.53. The molecule has 6 rings (SSSR count). The van der Waals surface area contributed by atoms with Gasteiger partial charge in [0.05, 0.1) is 17.7 Å². The number of fused-ring (bicyclic) bond motifs is 2. The van der Waals surface area contributed by atoms with Crippen molar-refractivity contribution in [1.29, 1.82) is 0 Å². The van der Waals surface area contributed by atoms with Gasteiger partial charge in [0.25, 0.3) is 11.8 Å². The van der Waals surface area contributed by atoms with Crippen molar-refractivity contribution in [2.45, 2.75) is 13.0 Å². The molecule has 0 radical (unpaired) electrons. The zero-order valence-electron chi connectivity index (χ0n) is 16.3. The lowest BCUT2D eigenvalue weighted by molar-refractivity contribution is 0.0467. The summed E-state index contributed by atoms with van der Waals surface area (Å²) in [5.41, 5.74) is 3.81. The van der Waals surface area contributed by atoms with E-state index in [0.29, 0.717) is 16.5 Å². The first kappa shape index (κ1) is 17.3. The minimum Gasteiger partial charge on any atom is -0.395 e. The number of amides is 2. The van der Waals surface area contributed by atoms with Crippen LogP contribution in [-0.4, -0.2) is 34.6 Å². The molecule has 30 heavy (non-hydrogen) atoms. The van der Waals surface area contributed by atoms with Crippen LogP contribution in [0.25, 0.3) is 43.1 Å². The van der Waals surface area contributed by atoms with Gasteiger partial charge in [-0.1, -0.05) is 48.5 Å². The summed E-state index contributed by atoms with van der Waals surface area (Å²) < 4.78 is 0. The summed E-state index contributed by atoms with van der Waals surface area (Å²) >= 11 is 0. The number of aliphatic hydroxyl groups excluding tert-OH is 1. The Morgan fingerprint density at radius 3 is 1.83 bits per heavy atom. The van der Waals surface area contributed by atoms with E-state index in [0.717, 1.165) is 31.9 Å². The molecule has 0 aliphatic carbocycles. The molecule has 0 bridgehead atoms. The lowest BCUT2D eigenvalue weighted by Gasteiger charge is -2.30. The maximum Gasteiger partial charge on any atom is 0.276 e. The highest BCUT2D eigenvalue weighted by Crippen LogP contribution is 2.43. The third kappa shape index (κ3) is 2.08. The molecule has 1 heterocycles. The fourth-order valence-corrected chi connectivity index (χ4v) is 4.80. The van der Waals surface area contributed by atoms with E-state index in [-0.39, 0.29) is 6.61 Å². The standard InChI is InChI=1S/C25H18N2O3/c1-13(12-28)26-27-24(29)19-10-8-17-15-6-2-4-14-5-3-7-16(21(14)15)18-9-11-20(25(27)30)23(19)22(17)18/h2-11,13,26,28H,12H2,1H3/t13-/m1/s1. The Bertz CT molecular complexity index is 1420.